The fraction of sp³-hybridized carbons (Fsp3) is 0.438. The fourth-order valence-corrected chi connectivity index (χ4v) is 3.02. The molecule has 3 rings (SSSR count). The molecule has 0 aliphatic heterocycles. The number of rotatable bonds is 4. The van der Waals surface area contributed by atoms with Gasteiger partial charge in [0.1, 0.15) is 0 Å². The van der Waals surface area contributed by atoms with Crippen molar-refractivity contribution in [1.29, 1.82) is 0 Å². The zero-order valence-corrected chi connectivity index (χ0v) is 12.0. The van der Waals surface area contributed by atoms with Gasteiger partial charge in [-0.1, -0.05) is 35.8 Å². The maximum absolute atomic E-state index is 11.2. The number of hydrogen-bond donors (Lipinski definition) is 1. The van der Waals surface area contributed by atoms with Gasteiger partial charge in [-0.3, -0.25) is 4.79 Å². The van der Waals surface area contributed by atoms with Crippen LogP contribution in [0.5, 0.6) is 0 Å². The van der Waals surface area contributed by atoms with E-state index in [0.717, 1.165) is 18.4 Å². The van der Waals surface area contributed by atoms with Crippen LogP contribution in [0.2, 0.25) is 0 Å². The lowest BCUT2D eigenvalue weighted by Crippen LogP contribution is -2.17. The van der Waals surface area contributed by atoms with Crippen LogP contribution in [0, 0.1) is 12.8 Å². The average Bonchev–Trinajstić information content (AvgIpc) is 3.09. The van der Waals surface area contributed by atoms with Gasteiger partial charge in [0, 0.05) is 6.42 Å². The smallest absolute Gasteiger partial charge is 0.307 e. The standard InChI is InChI=1S/C16H18N2O3/c1-10-5-2-3-6-11(10)9-14-17-15(21-18-14)12-7-4-8-13(12)16(19)20/h2-3,5-6,12-13H,4,7-9H2,1H3,(H,19,20). The van der Waals surface area contributed by atoms with Crippen molar-refractivity contribution in [3.8, 4) is 0 Å². The molecule has 2 atom stereocenters. The molecule has 1 heterocycles. The Hall–Kier alpha value is -2.17. The number of aromatic nitrogens is 2. The Bertz CT molecular complexity index is 650. The molecule has 0 amide bonds. The molecule has 0 radical (unpaired) electrons. The first-order valence-electron chi connectivity index (χ1n) is 7.25. The molecule has 1 aromatic heterocycles. The molecule has 1 saturated carbocycles. The molecule has 1 aliphatic rings. The number of carbonyl (C=O) groups is 1. The monoisotopic (exact) mass is 286 g/mol. The van der Waals surface area contributed by atoms with Gasteiger partial charge in [-0.25, -0.2) is 0 Å². The van der Waals surface area contributed by atoms with Gasteiger partial charge in [-0.2, -0.15) is 4.98 Å². The van der Waals surface area contributed by atoms with Crippen molar-refractivity contribution in [3.63, 3.8) is 0 Å². The lowest BCUT2D eigenvalue weighted by atomic mass is 9.96. The van der Waals surface area contributed by atoms with Gasteiger partial charge in [0.15, 0.2) is 5.82 Å². The summed E-state index contributed by atoms with van der Waals surface area (Å²) in [5, 5.41) is 13.2. The van der Waals surface area contributed by atoms with Gasteiger partial charge in [0.25, 0.3) is 0 Å². The zero-order valence-electron chi connectivity index (χ0n) is 12.0. The van der Waals surface area contributed by atoms with Crippen molar-refractivity contribution in [1.82, 2.24) is 10.1 Å². The first-order valence-corrected chi connectivity index (χ1v) is 7.25. The lowest BCUT2D eigenvalue weighted by Gasteiger charge is -2.10. The Balaban J connectivity index is 1.78. The van der Waals surface area contributed by atoms with Gasteiger partial charge in [0.05, 0.1) is 11.8 Å². The Labute approximate surface area is 123 Å². The molecular weight excluding hydrogens is 268 g/mol. The van der Waals surface area contributed by atoms with Crippen LogP contribution >= 0.6 is 0 Å². The predicted molar refractivity (Wildman–Crippen MR) is 76.0 cm³/mol. The number of benzene rings is 1. The number of carboxylic acids is 1. The van der Waals surface area contributed by atoms with Crippen molar-refractivity contribution in [2.75, 3.05) is 0 Å². The Kier molecular flexibility index (Phi) is 3.73. The zero-order chi connectivity index (χ0) is 14.8. The third-order valence-electron chi connectivity index (χ3n) is 4.24. The minimum atomic E-state index is -0.767. The highest BCUT2D eigenvalue weighted by Crippen LogP contribution is 2.39. The molecular formula is C16H18N2O3. The topological polar surface area (TPSA) is 76.2 Å². The van der Waals surface area contributed by atoms with Crippen molar-refractivity contribution in [2.45, 2.75) is 38.5 Å². The highest BCUT2D eigenvalue weighted by atomic mass is 16.5. The van der Waals surface area contributed by atoms with Crippen LogP contribution in [0.25, 0.3) is 0 Å². The van der Waals surface area contributed by atoms with Crippen LogP contribution in [0.1, 0.15) is 48.0 Å². The second-order valence-electron chi connectivity index (χ2n) is 5.63. The van der Waals surface area contributed by atoms with Gasteiger partial charge >= 0.3 is 5.97 Å². The largest absolute Gasteiger partial charge is 0.481 e. The SMILES string of the molecule is Cc1ccccc1Cc1noc(C2CCCC2C(=O)O)n1. The summed E-state index contributed by atoms with van der Waals surface area (Å²) in [4.78, 5) is 15.7. The van der Waals surface area contributed by atoms with E-state index in [9.17, 15) is 9.90 Å². The highest BCUT2D eigenvalue weighted by Gasteiger charge is 2.37. The predicted octanol–water partition coefficient (Wildman–Crippen LogP) is 2.94. The molecule has 1 aliphatic carbocycles. The van der Waals surface area contributed by atoms with Crippen LogP contribution in [-0.4, -0.2) is 21.2 Å². The van der Waals surface area contributed by atoms with Crippen LogP contribution in [-0.2, 0) is 11.2 Å². The lowest BCUT2D eigenvalue weighted by molar-refractivity contribution is -0.142. The maximum Gasteiger partial charge on any atom is 0.307 e. The molecule has 1 aromatic carbocycles. The fourth-order valence-electron chi connectivity index (χ4n) is 3.02. The van der Waals surface area contributed by atoms with Crippen molar-refractivity contribution in [3.05, 3.63) is 47.1 Å². The Morgan fingerprint density at radius 3 is 2.95 bits per heavy atom. The molecule has 21 heavy (non-hydrogen) atoms. The third kappa shape index (κ3) is 2.82. The first-order chi connectivity index (χ1) is 10.1. The summed E-state index contributed by atoms with van der Waals surface area (Å²) >= 11 is 0. The quantitative estimate of drug-likeness (QED) is 0.935. The van der Waals surface area contributed by atoms with E-state index in [1.807, 2.05) is 31.2 Å². The summed E-state index contributed by atoms with van der Waals surface area (Å²) in [7, 11) is 0. The van der Waals surface area contributed by atoms with Gasteiger partial charge in [0.2, 0.25) is 5.89 Å². The van der Waals surface area contributed by atoms with E-state index in [2.05, 4.69) is 10.1 Å². The summed E-state index contributed by atoms with van der Waals surface area (Å²) in [6, 6.07) is 8.08. The van der Waals surface area contributed by atoms with Crippen LogP contribution in [0.4, 0.5) is 0 Å². The van der Waals surface area contributed by atoms with Gasteiger partial charge in [-0.05, 0) is 30.9 Å². The van der Waals surface area contributed by atoms with E-state index in [1.54, 1.807) is 0 Å². The average molecular weight is 286 g/mol. The number of aliphatic carboxylic acids is 1. The van der Waals surface area contributed by atoms with Crippen LogP contribution in [0.3, 0.4) is 0 Å². The van der Waals surface area contributed by atoms with E-state index in [4.69, 9.17) is 4.52 Å². The molecule has 5 nitrogen and oxygen atoms in total. The Morgan fingerprint density at radius 1 is 1.38 bits per heavy atom. The minimum absolute atomic E-state index is 0.138. The molecule has 0 spiro atoms. The molecule has 1 N–H and O–H groups in total. The van der Waals surface area contributed by atoms with E-state index in [-0.39, 0.29) is 5.92 Å². The van der Waals surface area contributed by atoms with Gasteiger partial charge in [-0.15, -0.1) is 0 Å². The highest BCUT2D eigenvalue weighted by molar-refractivity contribution is 5.71. The molecule has 0 bridgehead atoms. The summed E-state index contributed by atoms with van der Waals surface area (Å²) in [5.74, 6) is -0.202. The van der Waals surface area contributed by atoms with E-state index in [0.29, 0.717) is 24.6 Å². The van der Waals surface area contributed by atoms with E-state index < -0.39 is 11.9 Å². The normalized spacial score (nSPS) is 21.6. The summed E-state index contributed by atoms with van der Waals surface area (Å²) in [5.41, 5.74) is 2.35. The first kappa shape index (κ1) is 13.8. The van der Waals surface area contributed by atoms with Gasteiger partial charge < -0.3 is 9.63 Å². The number of hydrogen-bond acceptors (Lipinski definition) is 4. The maximum atomic E-state index is 11.2. The van der Waals surface area contributed by atoms with E-state index >= 15 is 0 Å². The summed E-state index contributed by atoms with van der Waals surface area (Å²) in [6.45, 7) is 2.05. The minimum Gasteiger partial charge on any atom is -0.481 e. The molecule has 1 fully saturated rings. The van der Waals surface area contributed by atoms with E-state index in [1.165, 1.54) is 5.56 Å². The molecule has 0 saturated heterocycles. The number of carboxylic acid groups (broad SMARTS) is 1. The second kappa shape index (κ2) is 5.68. The number of aryl methyl sites for hydroxylation is 1. The second-order valence-corrected chi connectivity index (χ2v) is 5.63. The molecule has 110 valence electrons. The van der Waals surface area contributed by atoms with Crippen LogP contribution < -0.4 is 0 Å². The summed E-state index contributed by atoms with van der Waals surface area (Å²) < 4.78 is 5.32. The molecule has 2 aromatic rings. The Morgan fingerprint density at radius 2 is 2.19 bits per heavy atom. The summed E-state index contributed by atoms with van der Waals surface area (Å²) in [6.07, 6.45) is 3.01. The van der Waals surface area contributed by atoms with Crippen molar-refractivity contribution in [2.24, 2.45) is 5.92 Å². The third-order valence-corrected chi connectivity index (χ3v) is 4.24. The number of nitrogens with zero attached hydrogens (tertiary/aromatic N) is 2. The molecule has 2 unspecified atom stereocenters. The molecule has 5 heteroatoms. The van der Waals surface area contributed by atoms with Crippen molar-refractivity contribution >= 4 is 5.97 Å². The van der Waals surface area contributed by atoms with Crippen LogP contribution in [0.15, 0.2) is 28.8 Å². The van der Waals surface area contributed by atoms with Crippen molar-refractivity contribution < 1.29 is 14.4 Å².